The van der Waals surface area contributed by atoms with Gasteiger partial charge in [-0.05, 0) is 24.8 Å². The average Bonchev–Trinajstić information content (AvgIpc) is 3.08. The molecule has 2 atom stereocenters. The van der Waals surface area contributed by atoms with Crippen LogP contribution < -0.4 is 5.32 Å². The predicted octanol–water partition coefficient (Wildman–Crippen LogP) is 3.64. The van der Waals surface area contributed by atoms with Crippen LogP contribution in [0.1, 0.15) is 41.4 Å². The minimum Gasteiger partial charge on any atom is -0.465 e. The molecule has 1 aliphatic rings. The van der Waals surface area contributed by atoms with Crippen molar-refractivity contribution in [3.8, 4) is 0 Å². The molecule has 0 bridgehead atoms. The Bertz CT molecular complexity index is 612. The number of thiazole rings is 1. The average molecular weight is 302 g/mol. The van der Waals surface area contributed by atoms with Crippen molar-refractivity contribution in [1.82, 2.24) is 10.3 Å². The molecule has 2 N–H and O–H groups in total. The number of nitrogens with one attached hydrogen (secondary N) is 1. The van der Waals surface area contributed by atoms with Crippen LogP contribution in [0.15, 0.2) is 35.7 Å². The van der Waals surface area contributed by atoms with Gasteiger partial charge in [0, 0.05) is 23.8 Å². The SMILES string of the molecule is O=C(O)N[C@H]1CC[C@H](c2nc(Cc3ccccc3)cs2)C1. The van der Waals surface area contributed by atoms with Crippen LogP contribution in [0.3, 0.4) is 0 Å². The lowest BCUT2D eigenvalue weighted by Gasteiger charge is -2.09. The minimum absolute atomic E-state index is 0.0778. The van der Waals surface area contributed by atoms with Gasteiger partial charge in [0.2, 0.25) is 0 Å². The first-order chi connectivity index (χ1) is 10.2. The van der Waals surface area contributed by atoms with Gasteiger partial charge in [0.15, 0.2) is 0 Å². The fraction of sp³-hybridized carbons (Fsp3) is 0.375. The van der Waals surface area contributed by atoms with E-state index in [0.717, 1.165) is 36.4 Å². The van der Waals surface area contributed by atoms with Crippen molar-refractivity contribution in [2.75, 3.05) is 0 Å². The normalized spacial score (nSPS) is 21.3. The molecule has 21 heavy (non-hydrogen) atoms. The van der Waals surface area contributed by atoms with E-state index in [1.165, 1.54) is 5.56 Å². The number of hydrogen-bond acceptors (Lipinski definition) is 3. The van der Waals surface area contributed by atoms with Gasteiger partial charge in [-0.15, -0.1) is 11.3 Å². The van der Waals surface area contributed by atoms with Gasteiger partial charge in [-0.3, -0.25) is 0 Å². The largest absolute Gasteiger partial charge is 0.465 e. The van der Waals surface area contributed by atoms with Crippen molar-refractivity contribution < 1.29 is 9.90 Å². The van der Waals surface area contributed by atoms with Crippen molar-refractivity contribution >= 4 is 17.4 Å². The topological polar surface area (TPSA) is 62.2 Å². The van der Waals surface area contributed by atoms with Crippen LogP contribution in [0.5, 0.6) is 0 Å². The number of rotatable bonds is 4. The number of nitrogens with zero attached hydrogens (tertiary/aromatic N) is 1. The van der Waals surface area contributed by atoms with E-state index in [2.05, 4.69) is 22.8 Å². The number of amides is 1. The maximum atomic E-state index is 10.7. The molecular weight excluding hydrogens is 284 g/mol. The molecule has 1 aromatic carbocycles. The van der Waals surface area contributed by atoms with Gasteiger partial charge in [-0.1, -0.05) is 30.3 Å². The highest BCUT2D eigenvalue weighted by Crippen LogP contribution is 2.36. The van der Waals surface area contributed by atoms with Crippen LogP contribution in [-0.4, -0.2) is 22.2 Å². The van der Waals surface area contributed by atoms with Crippen molar-refractivity contribution in [2.24, 2.45) is 0 Å². The maximum Gasteiger partial charge on any atom is 0.404 e. The third-order valence-electron chi connectivity index (χ3n) is 3.91. The number of carboxylic acid groups (broad SMARTS) is 1. The number of aromatic nitrogens is 1. The Hall–Kier alpha value is -1.88. The van der Waals surface area contributed by atoms with E-state index in [-0.39, 0.29) is 6.04 Å². The summed E-state index contributed by atoms with van der Waals surface area (Å²) in [5, 5.41) is 14.6. The maximum absolute atomic E-state index is 10.7. The van der Waals surface area contributed by atoms with Crippen LogP contribution in [0.4, 0.5) is 4.79 Å². The molecular formula is C16H18N2O2S. The van der Waals surface area contributed by atoms with E-state index in [9.17, 15) is 4.79 Å². The van der Waals surface area contributed by atoms with Gasteiger partial charge in [-0.2, -0.15) is 0 Å². The standard InChI is InChI=1S/C16H18N2O2S/c19-16(20)18-13-7-6-12(9-13)15-17-14(10-21-15)8-11-4-2-1-3-5-11/h1-5,10,12-13,18H,6-9H2,(H,19,20)/t12-,13-/m0/s1. The Kier molecular flexibility index (Phi) is 4.20. The lowest BCUT2D eigenvalue weighted by Crippen LogP contribution is -2.31. The van der Waals surface area contributed by atoms with Gasteiger partial charge >= 0.3 is 6.09 Å². The zero-order valence-corrected chi connectivity index (χ0v) is 12.5. The van der Waals surface area contributed by atoms with E-state index in [0.29, 0.717) is 5.92 Å². The summed E-state index contributed by atoms with van der Waals surface area (Å²) in [6.07, 6.45) is 2.73. The van der Waals surface area contributed by atoms with Crippen LogP contribution >= 0.6 is 11.3 Å². The summed E-state index contributed by atoms with van der Waals surface area (Å²) in [4.78, 5) is 15.4. The minimum atomic E-state index is -0.926. The second-order valence-electron chi connectivity index (χ2n) is 5.50. The second kappa shape index (κ2) is 6.26. The highest BCUT2D eigenvalue weighted by atomic mass is 32.1. The third-order valence-corrected chi connectivity index (χ3v) is 4.96. The molecule has 0 saturated heterocycles. The van der Waals surface area contributed by atoms with Crippen molar-refractivity contribution in [1.29, 1.82) is 0 Å². The van der Waals surface area contributed by atoms with Crippen LogP contribution in [0.2, 0.25) is 0 Å². The van der Waals surface area contributed by atoms with Crippen molar-refractivity contribution in [2.45, 2.75) is 37.6 Å². The molecule has 4 nitrogen and oxygen atoms in total. The lowest BCUT2D eigenvalue weighted by atomic mass is 10.1. The first-order valence-electron chi connectivity index (χ1n) is 7.18. The molecule has 2 aromatic rings. The number of carbonyl (C=O) groups is 1. The Morgan fingerprint density at radius 1 is 1.33 bits per heavy atom. The zero-order valence-electron chi connectivity index (χ0n) is 11.7. The molecule has 1 aliphatic carbocycles. The molecule has 0 radical (unpaired) electrons. The summed E-state index contributed by atoms with van der Waals surface area (Å²) in [6.45, 7) is 0. The molecule has 5 heteroatoms. The molecule has 110 valence electrons. The molecule has 1 heterocycles. The molecule has 3 rings (SSSR count). The second-order valence-corrected chi connectivity index (χ2v) is 6.39. The van der Waals surface area contributed by atoms with Gasteiger partial charge in [0.05, 0.1) is 10.7 Å². The highest BCUT2D eigenvalue weighted by Gasteiger charge is 2.28. The predicted molar refractivity (Wildman–Crippen MR) is 82.9 cm³/mol. The van der Waals surface area contributed by atoms with E-state index >= 15 is 0 Å². The molecule has 1 fully saturated rings. The fourth-order valence-electron chi connectivity index (χ4n) is 2.91. The van der Waals surface area contributed by atoms with Crippen LogP contribution in [-0.2, 0) is 6.42 Å². The van der Waals surface area contributed by atoms with Crippen molar-refractivity contribution in [3.63, 3.8) is 0 Å². The monoisotopic (exact) mass is 302 g/mol. The fourth-order valence-corrected chi connectivity index (χ4v) is 3.88. The summed E-state index contributed by atoms with van der Waals surface area (Å²) < 4.78 is 0. The Morgan fingerprint density at radius 2 is 2.14 bits per heavy atom. The van der Waals surface area contributed by atoms with Crippen molar-refractivity contribution in [3.05, 3.63) is 52.0 Å². The summed E-state index contributed by atoms with van der Waals surface area (Å²) in [7, 11) is 0. The summed E-state index contributed by atoms with van der Waals surface area (Å²) in [5.74, 6) is 0.399. The number of hydrogen-bond donors (Lipinski definition) is 2. The zero-order chi connectivity index (χ0) is 14.7. The van der Waals surface area contributed by atoms with E-state index in [4.69, 9.17) is 10.1 Å². The summed E-state index contributed by atoms with van der Waals surface area (Å²) in [6, 6.07) is 10.4. The molecule has 0 spiro atoms. The first kappa shape index (κ1) is 14.1. The van der Waals surface area contributed by atoms with Crippen LogP contribution in [0, 0.1) is 0 Å². The van der Waals surface area contributed by atoms with E-state index < -0.39 is 6.09 Å². The Labute approximate surface area is 127 Å². The van der Waals surface area contributed by atoms with E-state index in [1.54, 1.807) is 11.3 Å². The van der Waals surface area contributed by atoms with Gasteiger partial charge < -0.3 is 10.4 Å². The Morgan fingerprint density at radius 3 is 2.90 bits per heavy atom. The molecule has 0 aliphatic heterocycles. The highest BCUT2D eigenvalue weighted by molar-refractivity contribution is 7.09. The molecule has 1 amide bonds. The van der Waals surface area contributed by atoms with Gasteiger partial charge in [0.1, 0.15) is 0 Å². The summed E-state index contributed by atoms with van der Waals surface area (Å²) >= 11 is 1.70. The van der Waals surface area contributed by atoms with Crippen LogP contribution in [0.25, 0.3) is 0 Å². The first-order valence-corrected chi connectivity index (χ1v) is 8.06. The lowest BCUT2D eigenvalue weighted by molar-refractivity contribution is 0.190. The molecule has 1 aromatic heterocycles. The smallest absolute Gasteiger partial charge is 0.404 e. The quantitative estimate of drug-likeness (QED) is 0.906. The molecule has 1 saturated carbocycles. The van der Waals surface area contributed by atoms with E-state index in [1.807, 2.05) is 18.2 Å². The van der Waals surface area contributed by atoms with Gasteiger partial charge in [-0.25, -0.2) is 9.78 Å². The number of benzene rings is 1. The molecule has 0 unspecified atom stereocenters. The Balaban J connectivity index is 1.62. The third kappa shape index (κ3) is 3.61. The summed E-state index contributed by atoms with van der Waals surface area (Å²) in [5.41, 5.74) is 2.38. The van der Waals surface area contributed by atoms with Gasteiger partial charge in [0.25, 0.3) is 0 Å².